The van der Waals surface area contributed by atoms with E-state index >= 15 is 0 Å². The number of ether oxygens (including phenoxy) is 1. The number of aromatic nitrogens is 2. The summed E-state index contributed by atoms with van der Waals surface area (Å²) in [6.45, 7) is 13.4. The van der Waals surface area contributed by atoms with Gasteiger partial charge in [0.05, 0.1) is 48.4 Å². The number of aromatic hydroxyl groups is 1. The number of nitroso groups, excluding NO2 is 1. The van der Waals surface area contributed by atoms with Crippen molar-refractivity contribution in [2.24, 2.45) is 11.3 Å². The zero-order valence-electron chi connectivity index (χ0n) is 37.2. The molecular weight excluding hydrogens is 819 g/mol. The average Bonchev–Trinajstić information content (AvgIpc) is 3.87. The number of benzene rings is 2. The van der Waals surface area contributed by atoms with Gasteiger partial charge in [0.15, 0.2) is 12.6 Å². The molecule has 0 unspecified atom stereocenters. The molecule has 2 aromatic heterocycles. The number of nitrogens with zero attached hydrogens (tertiary/aromatic N) is 7. The lowest BCUT2D eigenvalue weighted by atomic mass is 9.84. The molecule has 64 heavy (non-hydrogen) atoms. The molecule has 17 nitrogen and oxygen atoms in total. The van der Waals surface area contributed by atoms with Gasteiger partial charge in [-0.1, -0.05) is 46.4 Å². The number of likely N-dealkylation sites (N-methyl/N-ethyl adjacent to an activating group) is 1. The van der Waals surface area contributed by atoms with E-state index in [4.69, 9.17) is 9.57 Å². The quantitative estimate of drug-likeness (QED) is 0.119. The largest absolute Gasteiger partial charge is 0.508 e. The van der Waals surface area contributed by atoms with Gasteiger partial charge < -0.3 is 24.6 Å². The average molecular weight is 878 g/mol. The summed E-state index contributed by atoms with van der Waals surface area (Å²) in [6, 6.07) is 12.7. The van der Waals surface area contributed by atoms with Gasteiger partial charge in [-0.15, -0.1) is 5.01 Å². The maximum absolute atomic E-state index is 14.7. The zero-order valence-corrected chi connectivity index (χ0v) is 37.2. The van der Waals surface area contributed by atoms with E-state index in [0.29, 0.717) is 61.5 Å². The molecule has 4 atom stereocenters. The Morgan fingerprint density at radius 2 is 1.91 bits per heavy atom. The van der Waals surface area contributed by atoms with Crippen LogP contribution in [0.25, 0.3) is 33.3 Å². The molecule has 0 radical (unpaired) electrons. The molecule has 6 bridgehead atoms. The van der Waals surface area contributed by atoms with Crippen molar-refractivity contribution in [2.75, 3.05) is 46.5 Å². The number of hydrogen-bond acceptors (Lipinski definition) is 10. The maximum Gasteiger partial charge on any atom is 0.326 e. The minimum absolute atomic E-state index is 0.0150. The van der Waals surface area contributed by atoms with Crippen molar-refractivity contribution in [3.63, 3.8) is 0 Å². The number of phenols is 1. The summed E-state index contributed by atoms with van der Waals surface area (Å²) in [7, 11) is 1.54. The number of fused-ring (bicyclic) bond motifs is 6. The van der Waals surface area contributed by atoms with Gasteiger partial charge in [0.2, 0.25) is 16.7 Å². The first-order valence-electron chi connectivity index (χ1n) is 22.2. The van der Waals surface area contributed by atoms with E-state index in [2.05, 4.69) is 58.9 Å². The Hall–Kier alpha value is -6.20. The number of rotatable bonds is 9. The summed E-state index contributed by atoms with van der Waals surface area (Å²) in [5.74, 6) is -1.69. The van der Waals surface area contributed by atoms with Crippen molar-refractivity contribution in [2.45, 2.75) is 90.1 Å². The van der Waals surface area contributed by atoms with Gasteiger partial charge in [-0.05, 0) is 83.5 Å². The summed E-state index contributed by atoms with van der Waals surface area (Å²) in [5, 5.41) is 18.0. The zero-order chi connectivity index (χ0) is 45.4. The number of likely N-dealkylation sites (tertiary alicyclic amines) is 1. The fraction of sp³-hybridized carbons (Fsp3) is 0.489. The third kappa shape index (κ3) is 8.95. The summed E-state index contributed by atoms with van der Waals surface area (Å²) in [6.07, 6.45) is 5.78. The molecule has 0 saturated carbocycles. The summed E-state index contributed by atoms with van der Waals surface area (Å²) >= 11 is 0. The Morgan fingerprint density at radius 3 is 2.61 bits per heavy atom. The van der Waals surface area contributed by atoms with E-state index in [1.54, 1.807) is 30.3 Å². The molecular formula is C47H59N9O8+2. The summed E-state index contributed by atoms with van der Waals surface area (Å²) in [4.78, 5) is 82.3. The van der Waals surface area contributed by atoms with Crippen LogP contribution in [0.4, 0.5) is 0 Å². The number of carbonyl (C=O) groups is 3. The Bertz CT molecular complexity index is 2470. The van der Waals surface area contributed by atoms with Gasteiger partial charge in [-0.25, -0.2) is 4.84 Å². The highest BCUT2D eigenvalue weighted by Crippen LogP contribution is 2.43. The number of pyridine rings is 1. The highest BCUT2D eigenvalue weighted by molar-refractivity contribution is 5.95. The second-order valence-electron chi connectivity index (χ2n) is 18.7. The number of phenolic OH excluding ortho intramolecular Hbond substituents is 1. The van der Waals surface area contributed by atoms with Crippen LogP contribution in [0.3, 0.4) is 0 Å². The highest BCUT2D eigenvalue weighted by atomic mass is 16.8. The smallest absolute Gasteiger partial charge is 0.326 e. The number of hydrogen-bond donors (Lipinski definition) is 3. The molecule has 3 N–H and O–H groups in total. The van der Waals surface area contributed by atoms with Crippen LogP contribution in [0, 0.1) is 21.1 Å². The molecule has 2 aromatic carbocycles. The minimum Gasteiger partial charge on any atom is -0.508 e. The first-order valence-corrected chi connectivity index (χ1v) is 22.2. The molecule has 0 spiro atoms. The summed E-state index contributed by atoms with van der Waals surface area (Å²) < 4.78 is 8.05. The van der Waals surface area contributed by atoms with Crippen LogP contribution in [0.1, 0.15) is 64.1 Å². The van der Waals surface area contributed by atoms with Crippen LogP contribution in [-0.4, -0.2) is 128 Å². The number of nitrogens with one attached hydrogen (secondary N) is 2. The third-order valence-corrected chi connectivity index (χ3v) is 12.9. The minimum atomic E-state index is -1.18. The predicted molar refractivity (Wildman–Crippen MR) is 238 cm³/mol. The monoisotopic (exact) mass is 877 g/mol. The van der Waals surface area contributed by atoms with Crippen LogP contribution >= 0.6 is 0 Å². The molecule has 4 aliphatic rings. The van der Waals surface area contributed by atoms with E-state index in [1.165, 1.54) is 16.1 Å². The van der Waals surface area contributed by atoms with Crippen LogP contribution in [0.2, 0.25) is 0 Å². The molecule has 4 aromatic rings. The van der Waals surface area contributed by atoms with Crippen molar-refractivity contribution in [1.29, 1.82) is 0 Å². The van der Waals surface area contributed by atoms with Gasteiger partial charge in [-0.3, -0.25) is 24.4 Å². The summed E-state index contributed by atoms with van der Waals surface area (Å²) in [5.41, 5.74) is 8.71. The fourth-order valence-electron chi connectivity index (χ4n) is 9.62. The highest BCUT2D eigenvalue weighted by Gasteiger charge is 2.45. The standard InChI is InChI=1S/C47H57N9O8/c1-7-42(58)52-17-14-34(25-52)55(61)51(6)43(29(2)3)45(59)49-39-20-30-18-33(21-36(57)19-30)31-12-13-40-37(22-31)38(44(32-10-8-15-48-24-32)54(40)35-26-63-27-35)23-47(4,5)28-64-56(62)41-11-9-16-53(50-41)46(39)60/h7-8,10,12-13,15,18-19,21-22,24,29,34-35,39,41,43,50H,1,9,11,14,16-17,20,23,25-28H2,2-6H3/p+2/t34-,39-,41+,43-/m0/s1. The molecule has 3 saturated heterocycles. The maximum atomic E-state index is 14.7. The lowest BCUT2D eigenvalue weighted by molar-refractivity contribution is -0.835. The molecule has 8 rings (SSSR count). The van der Waals surface area contributed by atoms with Gasteiger partial charge in [0.1, 0.15) is 16.7 Å². The number of amides is 3. The third-order valence-electron chi connectivity index (χ3n) is 12.9. The number of hydrazine groups is 2. The van der Waals surface area contributed by atoms with Gasteiger partial charge in [-0.2, -0.15) is 5.43 Å². The van der Waals surface area contributed by atoms with Gasteiger partial charge >= 0.3 is 6.17 Å². The van der Waals surface area contributed by atoms with Crippen LogP contribution in [-0.2, 0) is 36.8 Å². The van der Waals surface area contributed by atoms with Crippen LogP contribution in [0.15, 0.2) is 73.6 Å². The first-order chi connectivity index (χ1) is 30.6. The Balaban J connectivity index is 1.19. The molecule has 3 amide bonds. The van der Waals surface area contributed by atoms with Crippen molar-refractivity contribution in [3.8, 4) is 28.1 Å². The number of carbonyl (C=O) groups excluding carboxylic acids is 3. The second kappa shape index (κ2) is 18.1. The Labute approximate surface area is 372 Å². The lowest BCUT2D eigenvalue weighted by Crippen LogP contribution is -2.62. The van der Waals surface area contributed by atoms with E-state index in [9.17, 15) is 29.3 Å². The molecule has 338 valence electrons. The topological polar surface area (TPSA) is 182 Å². The SMILES string of the molecule is C=CC(=O)N1CC[C@H]([N+](=O)N(C)[C@H](C(=O)N[C@H]2Cc3cc(O)cc(c3)-c3ccc4c(c3)c(c(-c3cccnc3)n4C3COC3)CC(C)(C)CO[N+](=O)[C@@H]3CCCN(N3)C2=O)C(C)C)C1. The van der Waals surface area contributed by atoms with Crippen LogP contribution < -0.4 is 10.7 Å². The lowest BCUT2D eigenvalue weighted by Gasteiger charge is -2.33. The Kier molecular flexibility index (Phi) is 12.6. The molecule has 3 fully saturated rings. The second-order valence-corrected chi connectivity index (χ2v) is 18.7. The molecule has 17 heteroatoms. The van der Waals surface area contributed by atoms with Crippen molar-refractivity contribution < 1.29 is 38.9 Å². The van der Waals surface area contributed by atoms with Crippen molar-refractivity contribution >= 4 is 28.6 Å². The fourth-order valence-corrected chi connectivity index (χ4v) is 9.62. The Morgan fingerprint density at radius 1 is 1.11 bits per heavy atom. The first kappa shape index (κ1) is 44.4. The normalized spacial score (nSPS) is 22.1. The van der Waals surface area contributed by atoms with E-state index in [0.717, 1.165) is 38.2 Å². The van der Waals surface area contributed by atoms with Crippen molar-refractivity contribution in [3.05, 3.63) is 94.5 Å². The van der Waals surface area contributed by atoms with E-state index < -0.39 is 41.5 Å². The van der Waals surface area contributed by atoms with Crippen molar-refractivity contribution in [1.82, 2.24) is 35.2 Å². The predicted octanol–water partition coefficient (Wildman–Crippen LogP) is 4.86. The van der Waals surface area contributed by atoms with Gasteiger partial charge in [0.25, 0.3) is 11.9 Å². The molecule has 6 heterocycles. The molecule has 4 aliphatic heterocycles. The van der Waals surface area contributed by atoms with Crippen LogP contribution in [0.5, 0.6) is 5.75 Å². The van der Waals surface area contributed by atoms with E-state index in [-0.39, 0.29) is 49.7 Å². The molecule has 0 aliphatic carbocycles. The van der Waals surface area contributed by atoms with E-state index in [1.807, 2.05) is 38.2 Å². The van der Waals surface area contributed by atoms with Gasteiger partial charge in [0, 0.05) is 66.6 Å².